The van der Waals surface area contributed by atoms with Crippen LogP contribution < -0.4 is 0 Å². The molecule has 1 N–H and O–H groups in total. The van der Waals surface area contributed by atoms with Gasteiger partial charge in [0.15, 0.2) is 6.79 Å². The van der Waals surface area contributed by atoms with Gasteiger partial charge in [-0.25, -0.2) is 4.21 Å². The molecule has 0 fully saturated rings. The van der Waals surface area contributed by atoms with E-state index in [2.05, 4.69) is 4.36 Å². The number of benzene rings is 2. The molecule has 0 aliphatic carbocycles. The Bertz CT molecular complexity index is 681. The molecule has 0 amide bonds. The van der Waals surface area contributed by atoms with Gasteiger partial charge in [0, 0.05) is 5.39 Å². The lowest BCUT2D eigenvalue weighted by molar-refractivity contribution is 0.110. The lowest BCUT2D eigenvalue weighted by atomic mass is 10.1. The Labute approximate surface area is 92.9 Å². The van der Waals surface area contributed by atoms with Crippen LogP contribution in [0.5, 0.6) is 0 Å². The van der Waals surface area contributed by atoms with E-state index in [1.165, 1.54) is 0 Å². The van der Waals surface area contributed by atoms with Crippen LogP contribution in [-0.4, -0.2) is 16.1 Å². The Morgan fingerprint density at radius 1 is 1.25 bits per heavy atom. The number of aliphatic hydroxyl groups is 1. The molecular formula is C11H9NO3S. The maximum atomic E-state index is 12.3. The summed E-state index contributed by atoms with van der Waals surface area (Å²) >= 11 is 0. The molecule has 16 heavy (non-hydrogen) atoms. The molecule has 0 aromatic heterocycles. The summed E-state index contributed by atoms with van der Waals surface area (Å²) in [5, 5.41) is 10.6. The molecule has 5 heteroatoms. The van der Waals surface area contributed by atoms with Crippen LogP contribution in [0.25, 0.3) is 10.8 Å². The van der Waals surface area contributed by atoms with Crippen LogP contribution in [-0.2, 0) is 14.2 Å². The van der Waals surface area contributed by atoms with E-state index in [0.717, 1.165) is 10.8 Å². The molecule has 3 rings (SSSR count). The van der Waals surface area contributed by atoms with Crippen molar-refractivity contribution in [3.05, 3.63) is 36.4 Å². The third kappa shape index (κ3) is 1.19. The van der Waals surface area contributed by atoms with Crippen LogP contribution in [0.3, 0.4) is 0 Å². The Kier molecular flexibility index (Phi) is 2.00. The molecule has 2 aromatic rings. The summed E-state index contributed by atoms with van der Waals surface area (Å²) in [5.74, 6) is 0. The van der Waals surface area contributed by atoms with Crippen molar-refractivity contribution >= 4 is 26.5 Å². The van der Waals surface area contributed by atoms with E-state index in [9.17, 15) is 4.21 Å². The highest BCUT2D eigenvalue weighted by Gasteiger charge is 2.24. The number of hydrogen-bond acceptors (Lipinski definition) is 4. The molecular weight excluding hydrogens is 226 g/mol. The van der Waals surface area contributed by atoms with Crippen LogP contribution >= 0.6 is 0 Å². The van der Waals surface area contributed by atoms with E-state index in [0.29, 0.717) is 10.6 Å². The van der Waals surface area contributed by atoms with Crippen molar-refractivity contribution < 1.29 is 13.5 Å². The van der Waals surface area contributed by atoms with Crippen molar-refractivity contribution in [2.75, 3.05) is 6.79 Å². The van der Waals surface area contributed by atoms with E-state index >= 15 is 0 Å². The molecule has 82 valence electrons. The van der Waals surface area contributed by atoms with Crippen molar-refractivity contribution in [2.45, 2.75) is 4.90 Å². The van der Waals surface area contributed by atoms with Crippen LogP contribution in [0.2, 0.25) is 0 Å². The van der Waals surface area contributed by atoms with Gasteiger partial charge in [0.2, 0.25) is 10.0 Å². The van der Waals surface area contributed by atoms with Gasteiger partial charge in [-0.3, -0.25) is 4.18 Å². The first-order chi connectivity index (χ1) is 7.74. The van der Waals surface area contributed by atoms with E-state index in [1.54, 1.807) is 12.1 Å². The van der Waals surface area contributed by atoms with Crippen LogP contribution in [0, 0.1) is 0 Å². The fourth-order valence-corrected chi connectivity index (χ4v) is 3.48. The second kappa shape index (κ2) is 3.28. The summed E-state index contributed by atoms with van der Waals surface area (Å²) in [6.45, 7) is -0.604. The van der Waals surface area contributed by atoms with E-state index in [1.807, 2.05) is 24.3 Å². The van der Waals surface area contributed by atoms with E-state index in [-0.39, 0.29) is 0 Å². The quantitative estimate of drug-likeness (QED) is 0.812. The Morgan fingerprint density at radius 2 is 2.00 bits per heavy atom. The van der Waals surface area contributed by atoms with Gasteiger partial charge >= 0.3 is 0 Å². The molecule has 0 radical (unpaired) electrons. The third-order valence-electron chi connectivity index (χ3n) is 2.55. The lowest BCUT2D eigenvalue weighted by Gasteiger charge is -2.04. The highest BCUT2D eigenvalue weighted by Crippen LogP contribution is 2.40. The summed E-state index contributed by atoms with van der Waals surface area (Å²) in [4.78, 5) is 0.551. The van der Waals surface area contributed by atoms with Gasteiger partial charge in [0.25, 0.3) is 0 Å². The second-order valence-electron chi connectivity index (χ2n) is 3.44. The molecule has 0 saturated carbocycles. The van der Waals surface area contributed by atoms with Gasteiger partial charge in [-0.2, -0.15) is 4.36 Å². The predicted octanol–water partition coefficient (Wildman–Crippen LogP) is 2.19. The van der Waals surface area contributed by atoms with Gasteiger partial charge in [0.1, 0.15) is 0 Å². The smallest absolute Gasteiger partial charge is 0.201 e. The molecule has 1 aliphatic rings. The highest BCUT2D eigenvalue weighted by atomic mass is 32.2. The average Bonchev–Trinajstić information content (AvgIpc) is 2.56. The van der Waals surface area contributed by atoms with Crippen molar-refractivity contribution in [3.8, 4) is 0 Å². The Balaban J connectivity index is 2.42. The normalized spacial score (nSPS) is 22.3. The molecule has 1 heterocycles. The number of rotatable bonds is 2. The summed E-state index contributed by atoms with van der Waals surface area (Å²) < 4.78 is 21.3. The second-order valence-corrected chi connectivity index (χ2v) is 5.25. The first-order valence-electron chi connectivity index (χ1n) is 4.79. The minimum Gasteiger partial charge on any atom is -0.369 e. The van der Waals surface area contributed by atoms with E-state index in [4.69, 9.17) is 9.29 Å². The van der Waals surface area contributed by atoms with Gasteiger partial charge in [-0.1, -0.05) is 24.3 Å². The maximum Gasteiger partial charge on any atom is 0.201 e. The van der Waals surface area contributed by atoms with Crippen molar-refractivity contribution in [1.82, 2.24) is 0 Å². The molecule has 0 bridgehead atoms. The first-order valence-corrected chi connectivity index (χ1v) is 6.23. The fraction of sp³-hybridized carbons (Fsp3) is 0.0909. The lowest BCUT2D eigenvalue weighted by Crippen LogP contribution is -2.04. The van der Waals surface area contributed by atoms with Crippen LogP contribution in [0.4, 0.5) is 5.69 Å². The van der Waals surface area contributed by atoms with Gasteiger partial charge < -0.3 is 5.11 Å². The van der Waals surface area contributed by atoms with Gasteiger partial charge in [-0.15, -0.1) is 0 Å². The SMILES string of the molecule is O=S1(OCO)=Nc2cccc3cccc1c23. The largest absolute Gasteiger partial charge is 0.369 e. The third-order valence-corrected chi connectivity index (χ3v) is 4.31. The standard InChI is InChI=1S/C11H9NO3S/c13-7-15-16(14)10-6-2-4-8-3-1-5-9(12-16)11(8)10/h1-6,13H,7H2. The fourth-order valence-electron chi connectivity index (χ4n) is 1.92. The molecule has 1 unspecified atom stereocenters. The maximum absolute atomic E-state index is 12.3. The van der Waals surface area contributed by atoms with Crippen molar-refractivity contribution in [1.29, 1.82) is 0 Å². The van der Waals surface area contributed by atoms with Gasteiger partial charge in [0.05, 0.1) is 10.6 Å². The summed E-state index contributed by atoms with van der Waals surface area (Å²) in [5.41, 5.74) is 0.659. The molecule has 4 nitrogen and oxygen atoms in total. The molecule has 0 saturated heterocycles. The zero-order chi connectivity index (χ0) is 11.2. The zero-order valence-electron chi connectivity index (χ0n) is 8.29. The minimum atomic E-state index is -2.94. The predicted molar refractivity (Wildman–Crippen MR) is 60.6 cm³/mol. The Morgan fingerprint density at radius 3 is 2.75 bits per heavy atom. The molecule has 2 aromatic carbocycles. The molecule has 1 aliphatic heterocycles. The molecule has 1 atom stereocenters. The summed E-state index contributed by atoms with van der Waals surface area (Å²) in [7, 11) is -2.94. The van der Waals surface area contributed by atoms with Crippen molar-refractivity contribution in [3.63, 3.8) is 0 Å². The Hall–Kier alpha value is -1.43. The van der Waals surface area contributed by atoms with E-state index < -0.39 is 16.8 Å². The van der Waals surface area contributed by atoms with Gasteiger partial charge in [-0.05, 0) is 17.5 Å². The average molecular weight is 235 g/mol. The highest BCUT2D eigenvalue weighted by molar-refractivity contribution is 7.89. The number of aliphatic hydroxyl groups excluding tert-OH is 1. The topological polar surface area (TPSA) is 58.9 Å². The number of nitrogens with zero attached hydrogens (tertiary/aromatic N) is 1. The summed E-state index contributed by atoms with van der Waals surface area (Å²) in [6.07, 6.45) is 0. The van der Waals surface area contributed by atoms with Crippen LogP contribution in [0.1, 0.15) is 0 Å². The molecule has 0 spiro atoms. The number of hydrogen-bond donors (Lipinski definition) is 1. The van der Waals surface area contributed by atoms with Crippen molar-refractivity contribution in [2.24, 2.45) is 4.36 Å². The minimum absolute atomic E-state index is 0.551. The zero-order valence-corrected chi connectivity index (χ0v) is 9.11. The van der Waals surface area contributed by atoms with Crippen LogP contribution in [0.15, 0.2) is 45.7 Å². The summed E-state index contributed by atoms with van der Waals surface area (Å²) in [6, 6.07) is 11.0. The first kappa shape index (κ1) is 9.77. The monoisotopic (exact) mass is 235 g/mol.